The van der Waals surface area contributed by atoms with Crippen molar-refractivity contribution in [1.82, 2.24) is 4.90 Å². The van der Waals surface area contributed by atoms with E-state index in [0.717, 1.165) is 45.3 Å². The van der Waals surface area contributed by atoms with Gasteiger partial charge in [-0.1, -0.05) is 6.42 Å². The molecular formula is C11H21NO3. The molecular weight excluding hydrogens is 194 g/mol. The zero-order valence-corrected chi connectivity index (χ0v) is 9.19. The van der Waals surface area contributed by atoms with Crippen LogP contribution in [0, 0.1) is 5.92 Å². The fourth-order valence-electron chi connectivity index (χ4n) is 2.05. The minimum Gasteiger partial charge on any atom is -0.481 e. The average molecular weight is 215 g/mol. The maximum Gasteiger partial charge on any atom is 0.303 e. The Balaban J connectivity index is 1.94. The van der Waals surface area contributed by atoms with Gasteiger partial charge >= 0.3 is 5.97 Å². The monoisotopic (exact) mass is 215 g/mol. The van der Waals surface area contributed by atoms with Crippen LogP contribution in [0.25, 0.3) is 0 Å². The highest BCUT2D eigenvalue weighted by Crippen LogP contribution is 2.15. The minimum atomic E-state index is -0.698. The number of hydrogen-bond acceptors (Lipinski definition) is 3. The first-order chi connectivity index (χ1) is 7.22. The maximum atomic E-state index is 10.3. The van der Waals surface area contributed by atoms with Gasteiger partial charge in [-0.15, -0.1) is 0 Å². The molecule has 1 aliphatic rings. The van der Waals surface area contributed by atoms with Crippen LogP contribution in [0.15, 0.2) is 0 Å². The number of aliphatic hydroxyl groups excluding tert-OH is 1. The molecule has 88 valence electrons. The maximum absolute atomic E-state index is 10.3. The number of unbranched alkanes of at least 4 members (excludes halogenated alkanes) is 2. The van der Waals surface area contributed by atoms with E-state index in [4.69, 9.17) is 10.2 Å². The van der Waals surface area contributed by atoms with Crippen molar-refractivity contribution >= 4 is 5.97 Å². The van der Waals surface area contributed by atoms with Crippen LogP contribution in [-0.4, -0.2) is 47.3 Å². The Labute approximate surface area is 90.9 Å². The van der Waals surface area contributed by atoms with E-state index in [9.17, 15) is 4.79 Å². The lowest BCUT2D eigenvalue weighted by atomic mass is 10.1. The summed E-state index contributed by atoms with van der Waals surface area (Å²) >= 11 is 0. The SMILES string of the molecule is O=C(O)CCCCCN1CCC(CO)C1. The van der Waals surface area contributed by atoms with Crippen molar-refractivity contribution in [3.8, 4) is 0 Å². The lowest BCUT2D eigenvalue weighted by molar-refractivity contribution is -0.137. The molecule has 0 saturated carbocycles. The molecule has 0 spiro atoms. The second-order valence-corrected chi connectivity index (χ2v) is 4.34. The number of carbonyl (C=O) groups is 1. The van der Waals surface area contributed by atoms with Crippen LogP contribution in [-0.2, 0) is 4.79 Å². The molecule has 1 rings (SSSR count). The zero-order valence-electron chi connectivity index (χ0n) is 9.19. The van der Waals surface area contributed by atoms with Crippen molar-refractivity contribution in [2.45, 2.75) is 32.1 Å². The van der Waals surface area contributed by atoms with E-state index in [2.05, 4.69) is 4.90 Å². The molecule has 1 unspecified atom stereocenters. The van der Waals surface area contributed by atoms with Crippen molar-refractivity contribution < 1.29 is 15.0 Å². The Kier molecular flexibility index (Phi) is 5.65. The average Bonchev–Trinajstić information content (AvgIpc) is 2.65. The second kappa shape index (κ2) is 6.80. The summed E-state index contributed by atoms with van der Waals surface area (Å²) in [6.45, 7) is 3.45. The number of hydrogen-bond donors (Lipinski definition) is 2. The molecule has 0 aromatic rings. The lowest BCUT2D eigenvalue weighted by Crippen LogP contribution is -2.22. The first-order valence-corrected chi connectivity index (χ1v) is 5.77. The predicted octanol–water partition coefficient (Wildman–Crippen LogP) is 0.946. The Morgan fingerprint density at radius 3 is 2.73 bits per heavy atom. The smallest absolute Gasteiger partial charge is 0.303 e. The molecule has 0 aliphatic carbocycles. The summed E-state index contributed by atoms with van der Waals surface area (Å²) in [6, 6.07) is 0. The summed E-state index contributed by atoms with van der Waals surface area (Å²) in [5.41, 5.74) is 0. The second-order valence-electron chi connectivity index (χ2n) is 4.34. The largest absolute Gasteiger partial charge is 0.481 e. The molecule has 15 heavy (non-hydrogen) atoms. The summed E-state index contributed by atoms with van der Waals surface area (Å²) in [5, 5.41) is 17.4. The van der Waals surface area contributed by atoms with Gasteiger partial charge in [0.2, 0.25) is 0 Å². The molecule has 0 bridgehead atoms. The lowest BCUT2D eigenvalue weighted by Gasteiger charge is -2.14. The molecule has 2 N–H and O–H groups in total. The fraction of sp³-hybridized carbons (Fsp3) is 0.909. The fourth-order valence-corrected chi connectivity index (χ4v) is 2.05. The molecule has 1 heterocycles. The highest BCUT2D eigenvalue weighted by molar-refractivity contribution is 5.66. The summed E-state index contributed by atoms with van der Waals surface area (Å²) < 4.78 is 0. The highest BCUT2D eigenvalue weighted by Gasteiger charge is 2.20. The van der Waals surface area contributed by atoms with E-state index in [1.807, 2.05) is 0 Å². The number of aliphatic carboxylic acids is 1. The Morgan fingerprint density at radius 1 is 1.33 bits per heavy atom. The molecule has 4 heteroatoms. The molecule has 4 nitrogen and oxygen atoms in total. The van der Waals surface area contributed by atoms with Crippen LogP contribution >= 0.6 is 0 Å². The highest BCUT2D eigenvalue weighted by atomic mass is 16.4. The third-order valence-electron chi connectivity index (χ3n) is 2.99. The van der Waals surface area contributed by atoms with Crippen molar-refractivity contribution in [1.29, 1.82) is 0 Å². The molecule has 1 saturated heterocycles. The first kappa shape index (κ1) is 12.5. The van der Waals surface area contributed by atoms with Gasteiger partial charge in [0.05, 0.1) is 0 Å². The standard InChI is InChI=1S/C11H21NO3/c13-9-10-5-7-12(8-10)6-3-1-2-4-11(14)15/h10,13H,1-9H2,(H,14,15). The summed E-state index contributed by atoms with van der Waals surface area (Å²) in [5.74, 6) is -0.236. The van der Waals surface area contributed by atoms with Gasteiger partial charge in [-0.25, -0.2) is 0 Å². The Bertz CT molecular complexity index is 196. The van der Waals surface area contributed by atoms with Gasteiger partial charge in [0, 0.05) is 19.6 Å². The number of carboxylic acids is 1. The van der Waals surface area contributed by atoms with E-state index in [0.29, 0.717) is 18.9 Å². The van der Waals surface area contributed by atoms with Crippen LogP contribution in [0.1, 0.15) is 32.1 Å². The van der Waals surface area contributed by atoms with E-state index in [1.54, 1.807) is 0 Å². The third-order valence-corrected chi connectivity index (χ3v) is 2.99. The van der Waals surface area contributed by atoms with Crippen LogP contribution in [0.4, 0.5) is 0 Å². The normalized spacial score (nSPS) is 22.1. The van der Waals surface area contributed by atoms with Gasteiger partial charge in [0.25, 0.3) is 0 Å². The molecule has 0 radical (unpaired) electrons. The quantitative estimate of drug-likeness (QED) is 0.621. The summed E-state index contributed by atoms with van der Waals surface area (Å²) in [6.07, 6.45) is 4.25. The van der Waals surface area contributed by atoms with E-state index >= 15 is 0 Å². The minimum absolute atomic E-state index is 0.291. The van der Waals surface area contributed by atoms with Gasteiger partial charge in [-0.2, -0.15) is 0 Å². The molecule has 0 aromatic carbocycles. The van der Waals surface area contributed by atoms with Crippen LogP contribution in [0.3, 0.4) is 0 Å². The van der Waals surface area contributed by atoms with Gasteiger partial charge in [-0.3, -0.25) is 4.79 Å². The summed E-state index contributed by atoms with van der Waals surface area (Å²) in [7, 11) is 0. The molecule has 1 fully saturated rings. The van der Waals surface area contributed by atoms with Crippen LogP contribution < -0.4 is 0 Å². The predicted molar refractivity (Wildman–Crippen MR) is 57.7 cm³/mol. The van der Waals surface area contributed by atoms with E-state index < -0.39 is 5.97 Å². The zero-order chi connectivity index (χ0) is 11.1. The molecule has 0 aromatic heterocycles. The van der Waals surface area contributed by atoms with Gasteiger partial charge < -0.3 is 15.1 Å². The molecule has 0 amide bonds. The number of nitrogens with zero attached hydrogens (tertiary/aromatic N) is 1. The topological polar surface area (TPSA) is 60.8 Å². The third kappa shape index (κ3) is 5.14. The van der Waals surface area contributed by atoms with E-state index in [1.165, 1.54) is 0 Å². The number of likely N-dealkylation sites (tertiary alicyclic amines) is 1. The Morgan fingerprint density at radius 2 is 2.13 bits per heavy atom. The van der Waals surface area contributed by atoms with Gasteiger partial charge in [-0.05, 0) is 38.3 Å². The number of rotatable bonds is 7. The van der Waals surface area contributed by atoms with Crippen molar-refractivity contribution in [2.24, 2.45) is 5.92 Å². The Hall–Kier alpha value is -0.610. The molecule has 1 aliphatic heterocycles. The van der Waals surface area contributed by atoms with Gasteiger partial charge in [0.15, 0.2) is 0 Å². The van der Waals surface area contributed by atoms with Crippen molar-refractivity contribution in [2.75, 3.05) is 26.2 Å². The van der Waals surface area contributed by atoms with Crippen LogP contribution in [0.5, 0.6) is 0 Å². The number of aliphatic hydroxyl groups is 1. The van der Waals surface area contributed by atoms with Crippen molar-refractivity contribution in [3.05, 3.63) is 0 Å². The van der Waals surface area contributed by atoms with E-state index in [-0.39, 0.29) is 0 Å². The van der Waals surface area contributed by atoms with Crippen molar-refractivity contribution in [3.63, 3.8) is 0 Å². The molecule has 1 atom stereocenters. The number of carboxylic acid groups (broad SMARTS) is 1. The first-order valence-electron chi connectivity index (χ1n) is 5.77. The van der Waals surface area contributed by atoms with Crippen LogP contribution in [0.2, 0.25) is 0 Å². The van der Waals surface area contributed by atoms with Gasteiger partial charge in [0.1, 0.15) is 0 Å². The summed E-state index contributed by atoms with van der Waals surface area (Å²) in [4.78, 5) is 12.6.